The van der Waals surface area contributed by atoms with Gasteiger partial charge in [-0.3, -0.25) is 14.9 Å². The molecule has 1 saturated heterocycles. The third kappa shape index (κ3) is 2.37. The van der Waals surface area contributed by atoms with Crippen molar-refractivity contribution in [1.29, 1.82) is 0 Å². The van der Waals surface area contributed by atoms with Crippen LogP contribution in [0.15, 0.2) is 0 Å². The van der Waals surface area contributed by atoms with Crippen LogP contribution >= 0.6 is 0 Å². The summed E-state index contributed by atoms with van der Waals surface area (Å²) in [7, 11) is 0. The number of carbonyl (C=O) groups is 2. The van der Waals surface area contributed by atoms with E-state index in [4.69, 9.17) is 0 Å². The van der Waals surface area contributed by atoms with E-state index in [9.17, 15) is 9.59 Å². The molecule has 4 nitrogen and oxygen atoms in total. The van der Waals surface area contributed by atoms with E-state index in [0.717, 1.165) is 6.54 Å². The van der Waals surface area contributed by atoms with Gasteiger partial charge in [0, 0.05) is 6.54 Å². The van der Waals surface area contributed by atoms with Crippen LogP contribution in [-0.4, -0.2) is 24.4 Å². The summed E-state index contributed by atoms with van der Waals surface area (Å²) in [6.45, 7) is 3.10. The minimum atomic E-state index is -0.296. The molecule has 1 aliphatic carbocycles. The van der Waals surface area contributed by atoms with Crippen molar-refractivity contribution in [1.82, 2.24) is 10.6 Å². The van der Waals surface area contributed by atoms with Gasteiger partial charge < -0.3 is 5.32 Å². The second-order valence-electron chi connectivity index (χ2n) is 5.07. The lowest BCUT2D eigenvalue weighted by Gasteiger charge is -2.25. The third-order valence-electron chi connectivity index (χ3n) is 3.55. The predicted octanol–water partition coefficient (Wildman–Crippen LogP) is 0.571. The third-order valence-corrected chi connectivity index (χ3v) is 3.55. The second kappa shape index (κ2) is 3.93. The highest BCUT2D eigenvalue weighted by atomic mass is 16.2. The van der Waals surface area contributed by atoms with Gasteiger partial charge in [-0.05, 0) is 18.3 Å². The molecule has 0 bridgehead atoms. The lowest BCUT2D eigenvalue weighted by molar-refractivity contribution is -0.125. The summed E-state index contributed by atoms with van der Waals surface area (Å²) in [4.78, 5) is 22.3. The Kier molecular flexibility index (Phi) is 2.78. The molecule has 1 atom stereocenters. The molecule has 1 heterocycles. The Morgan fingerprint density at radius 3 is 2.60 bits per heavy atom. The summed E-state index contributed by atoms with van der Waals surface area (Å²) >= 11 is 0. The first kappa shape index (κ1) is 10.6. The molecule has 2 N–H and O–H groups in total. The van der Waals surface area contributed by atoms with E-state index < -0.39 is 0 Å². The fourth-order valence-corrected chi connectivity index (χ4v) is 2.49. The maximum Gasteiger partial charge on any atom is 0.244 e. The number of hydrogen-bond donors (Lipinski definition) is 2. The van der Waals surface area contributed by atoms with Gasteiger partial charge in [0.1, 0.15) is 0 Å². The highest BCUT2D eigenvalue weighted by Gasteiger charge is 2.34. The molecule has 0 aromatic carbocycles. The Morgan fingerprint density at radius 1 is 1.40 bits per heavy atom. The average Bonchev–Trinajstić information content (AvgIpc) is 2.71. The Bertz CT molecular complexity index is 282. The number of nitrogens with one attached hydrogen (secondary N) is 2. The SMILES string of the molecule is CC1(CNC2CC(=O)NC2=O)CCCC1. The van der Waals surface area contributed by atoms with Crippen LogP contribution < -0.4 is 10.6 Å². The van der Waals surface area contributed by atoms with Crippen LogP contribution in [0.25, 0.3) is 0 Å². The molecule has 0 aromatic rings. The summed E-state index contributed by atoms with van der Waals surface area (Å²) in [6.07, 6.45) is 5.32. The van der Waals surface area contributed by atoms with Crippen LogP contribution in [0.4, 0.5) is 0 Å². The summed E-state index contributed by atoms with van der Waals surface area (Å²) in [5.41, 5.74) is 0.325. The first-order chi connectivity index (χ1) is 7.09. The Hall–Kier alpha value is -0.900. The average molecular weight is 210 g/mol. The van der Waals surface area contributed by atoms with Gasteiger partial charge in [0.15, 0.2) is 0 Å². The van der Waals surface area contributed by atoms with Crippen molar-refractivity contribution in [2.45, 2.75) is 45.1 Å². The monoisotopic (exact) mass is 210 g/mol. The zero-order chi connectivity index (χ0) is 10.9. The summed E-state index contributed by atoms with van der Waals surface area (Å²) in [5, 5.41) is 5.53. The minimum absolute atomic E-state index is 0.158. The standard InChI is InChI=1S/C11H18N2O2/c1-11(4-2-3-5-11)7-12-8-6-9(14)13-10(8)15/h8,12H,2-7H2,1H3,(H,13,14,15). The van der Waals surface area contributed by atoms with Crippen LogP contribution in [0, 0.1) is 5.41 Å². The number of rotatable bonds is 3. The molecular formula is C11H18N2O2. The van der Waals surface area contributed by atoms with Gasteiger partial charge in [-0.1, -0.05) is 19.8 Å². The Balaban J connectivity index is 1.83. The normalized spacial score (nSPS) is 29.5. The lowest BCUT2D eigenvalue weighted by atomic mass is 9.88. The van der Waals surface area contributed by atoms with Gasteiger partial charge >= 0.3 is 0 Å². The summed E-state index contributed by atoms with van der Waals surface area (Å²) < 4.78 is 0. The van der Waals surface area contributed by atoms with Crippen molar-refractivity contribution >= 4 is 11.8 Å². The van der Waals surface area contributed by atoms with E-state index in [1.807, 2.05) is 0 Å². The zero-order valence-electron chi connectivity index (χ0n) is 9.14. The van der Waals surface area contributed by atoms with Gasteiger partial charge in [-0.2, -0.15) is 0 Å². The largest absolute Gasteiger partial charge is 0.305 e. The fraction of sp³-hybridized carbons (Fsp3) is 0.818. The molecule has 2 amide bonds. The van der Waals surface area contributed by atoms with Crippen LogP contribution in [-0.2, 0) is 9.59 Å². The van der Waals surface area contributed by atoms with E-state index in [1.54, 1.807) is 0 Å². The fourth-order valence-electron chi connectivity index (χ4n) is 2.49. The molecule has 1 saturated carbocycles. The maximum absolute atomic E-state index is 11.3. The number of carbonyl (C=O) groups excluding carboxylic acids is 2. The van der Waals surface area contributed by atoms with Crippen molar-refractivity contribution in [2.75, 3.05) is 6.54 Å². The van der Waals surface area contributed by atoms with Crippen LogP contribution in [0.3, 0.4) is 0 Å². The topological polar surface area (TPSA) is 58.2 Å². The van der Waals surface area contributed by atoms with Gasteiger partial charge in [-0.15, -0.1) is 0 Å². The molecule has 2 fully saturated rings. The van der Waals surface area contributed by atoms with Crippen molar-refractivity contribution in [3.05, 3.63) is 0 Å². The predicted molar refractivity (Wildman–Crippen MR) is 56.1 cm³/mol. The maximum atomic E-state index is 11.3. The molecular weight excluding hydrogens is 192 g/mol. The quantitative estimate of drug-likeness (QED) is 0.670. The first-order valence-corrected chi connectivity index (χ1v) is 5.66. The first-order valence-electron chi connectivity index (χ1n) is 5.66. The highest BCUT2D eigenvalue weighted by molar-refractivity contribution is 6.05. The molecule has 4 heteroatoms. The number of imide groups is 1. The van der Waals surface area contributed by atoms with E-state index in [0.29, 0.717) is 11.8 Å². The Morgan fingerprint density at radius 2 is 2.07 bits per heavy atom. The zero-order valence-corrected chi connectivity index (χ0v) is 9.14. The molecule has 1 aliphatic heterocycles. The van der Waals surface area contributed by atoms with Crippen LogP contribution in [0.5, 0.6) is 0 Å². The molecule has 0 spiro atoms. The molecule has 0 aromatic heterocycles. The smallest absolute Gasteiger partial charge is 0.244 e. The van der Waals surface area contributed by atoms with Crippen molar-refractivity contribution in [3.8, 4) is 0 Å². The molecule has 2 rings (SSSR count). The van der Waals surface area contributed by atoms with Crippen molar-refractivity contribution < 1.29 is 9.59 Å². The second-order valence-corrected chi connectivity index (χ2v) is 5.07. The lowest BCUT2D eigenvalue weighted by Crippen LogP contribution is -2.41. The minimum Gasteiger partial charge on any atom is -0.305 e. The van der Waals surface area contributed by atoms with E-state index in [-0.39, 0.29) is 17.9 Å². The summed E-state index contributed by atoms with van der Waals surface area (Å²) in [5.74, 6) is -0.323. The molecule has 0 radical (unpaired) electrons. The van der Waals surface area contributed by atoms with Crippen LogP contribution in [0.1, 0.15) is 39.0 Å². The molecule has 15 heavy (non-hydrogen) atoms. The van der Waals surface area contributed by atoms with Gasteiger partial charge in [0.25, 0.3) is 0 Å². The van der Waals surface area contributed by atoms with Gasteiger partial charge in [0.05, 0.1) is 12.5 Å². The highest BCUT2D eigenvalue weighted by Crippen LogP contribution is 2.36. The van der Waals surface area contributed by atoms with E-state index in [2.05, 4.69) is 17.6 Å². The van der Waals surface area contributed by atoms with Crippen molar-refractivity contribution in [2.24, 2.45) is 5.41 Å². The van der Waals surface area contributed by atoms with E-state index >= 15 is 0 Å². The van der Waals surface area contributed by atoms with Crippen molar-refractivity contribution in [3.63, 3.8) is 0 Å². The van der Waals surface area contributed by atoms with Gasteiger partial charge in [0.2, 0.25) is 11.8 Å². The summed E-state index contributed by atoms with van der Waals surface area (Å²) in [6, 6.07) is -0.296. The van der Waals surface area contributed by atoms with Gasteiger partial charge in [-0.25, -0.2) is 0 Å². The molecule has 84 valence electrons. The molecule has 1 unspecified atom stereocenters. The molecule has 2 aliphatic rings. The van der Waals surface area contributed by atoms with Crippen LogP contribution in [0.2, 0.25) is 0 Å². The Labute approximate surface area is 89.8 Å². The number of hydrogen-bond acceptors (Lipinski definition) is 3. The van der Waals surface area contributed by atoms with E-state index in [1.165, 1.54) is 25.7 Å². The number of amides is 2.